The number of nitrogens with one attached hydrogen (secondary N) is 1. The van der Waals surface area contributed by atoms with Gasteiger partial charge in [-0.3, -0.25) is 9.59 Å². The van der Waals surface area contributed by atoms with Gasteiger partial charge in [0.25, 0.3) is 0 Å². The van der Waals surface area contributed by atoms with Gasteiger partial charge < -0.3 is 5.32 Å². The van der Waals surface area contributed by atoms with E-state index in [1.165, 1.54) is 6.92 Å². The molecule has 0 rings (SSSR count). The lowest BCUT2D eigenvalue weighted by Crippen LogP contribution is -2.18. The van der Waals surface area contributed by atoms with Crippen molar-refractivity contribution < 1.29 is 9.59 Å². The lowest BCUT2D eigenvalue weighted by molar-refractivity contribution is -0.115. The van der Waals surface area contributed by atoms with Crippen LogP contribution in [-0.2, 0) is 9.59 Å². The second kappa shape index (κ2) is 4.43. The summed E-state index contributed by atoms with van der Waals surface area (Å²) in [5.74, 6) is -0.741. The zero-order chi connectivity index (χ0) is 7.98. The van der Waals surface area contributed by atoms with Gasteiger partial charge in [-0.05, 0) is 6.08 Å². The minimum absolute atomic E-state index is 0.357. The molecule has 4 heteroatoms. The Bertz CT molecular complexity index is 184. The molecule has 0 aromatic rings. The van der Waals surface area contributed by atoms with Gasteiger partial charge in [-0.25, -0.2) is 4.99 Å². The maximum Gasteiger partial charge on any atom is 0.248 e. The molecule has 0 aliphatic carbocycles. The van der Waals surface area contributed by atoms with Crippen molar-refractivity contribution in [3.63, 3.8) is 0 Å². The third-order valence-electron chi connectivity index (χ3n) is 0.639. The summed E-state index contributed by atoms with van der Waals surface area (Å²) in [5.41, 5.74) is 0. The van der Waals surface area contributed by atoms with Crippen LogP contribution in [-0.4, -0.2) is 18.2 Å². The molecule has 0 unspecified atom stereocenters. The first-order chi connectivity index (χ1) is 4.66. The largest absolute Gasteiger partial charge is 0.313 e. The minimum Gasteiger partial charge on any atom is -0.313 e. The number of carbonyl (C=O) groups excluding carboxylic acids is 2. The average molecular weight is 140 g/mol. The monoisotopic (exact) mass is 140 g/mol. The summed E-state index contributed by atoms with van der Waals surface area (Å²) < 4.78 is 0. The first-order valence-corrected chi connectivity index (χ1v) is 2.63. The number of aliphatic imine (C=N–C) groups is 1. The fourth-order valence-electron chi connectivity index (χ4n) is 0.246. The van der Waals surface area contributed by atoms with Crippen LogP contribution in [0.15, 0.2) is 17.6 Å². The van der Waals surface area contributed by atoms with E-state index in [9.17, 15) is 9.59 Å². The van der Waals surface area contributed by atoms with Crippen molar-refractivity contribution in [1.82, 2.24) is 5.32 Å². The zero-order valence-corrected chi connectivity index (χ0v) is 5.63. The van der Waals surface area contributed by atoms with Crippen molar-refractivity contribution in [2.75, 3.05) is 0 Å². The number of nitrogens with zero attached hydrogens (tertiary/aromatic N) is 1. The molecule has 0 aromatic carbocycles. The predicted molar refractivity (Wildman–Crippen MR) is 37.5 cm³/mol. The summed E-state index contributed by atoms with van der Waals surface area (Å²) in [5, 5.41) is 2.19. The molecule has 0 aromatic heterocycles. The van der Waals surface area contributed by atoms with Gasteiger partial charge in [-0.15, -0.1) is 0 Å². The average Bonchev–Trinajstić information content (AvgIpc) is 1.87. The summed E-state index contributed by atoms with van der Waals surface area (Å²) in [6.45, 7) is 4.49. The number of hydrogen-bond donors (Lipinski definition) is 1. The maximum absolute atomic E-state index is 10.4. The normalized spacial score (nSPS) is 9.30. The number of hydrogen-bond acceptors (Lipinski definition) is 2. The van der Waals surface area contributed by atoms with Crippen LogP contribution in [0.2, 0.25) is 0 Å². The minimum atomic E-state index is -0.384. The molecular formula is C6H8N2O2. The van der Waals surface area contributed by atoms with Crippen LogP contribution in [0.25, 0.3) is 0 Å². The molecule has 0 spiro atoms. The van der Waals surface area contributed by atoms with Gasteiger partial charge >= 0.3 is 0 Å². The molecule has 0 atom stereocenters. The highest BCUT2D eigenvalue weighted by Crippen LogP contribution is 1.66. The zero-order valence-electron chi connectivity index (χ0n) is 5.63. The van der Waals surface area contributed by atoms with E-state index < -0.39 is 0 Å². The van der Waals surface area contributed by atoms with Crippen molar-refractivity contribution in [3.8, 4) is 0 Å². The van der Waals surface area contributed by atoms with E-state index in [-0.39, 0.29) is 11.8 Å². The Labute approximate surface area is 58.6 Å². The highest BCUT2D eigenvalue weighted by molar-refractivity contribution is 5.97. The second-order valence-electron chi connectivity index (χ2n) is 1.49. The van der Waals surface area contributed by atoms with Gasteiger partial charge in [0.2, 0.25) is 11.8 Å². The summed E-state index contributed by atoms with van der Waals surface area (Å²) in [6, 6.07) is 0. The summed E-state index contributed by atoms with van der Waals surface area (Å²) in [4.78, 5) is 23.8. The van der Waals surface area contributed by atoms with Crippen LogP contribution >= 0.6 is 0 Å². The Morgan fingerprint density at radius 1 is 1.60 bits per heavy atom. The molecule has 2 amide bonds. The smallest absolute Gasteiger partial charge is 0.248 e. The molecule has 10 heavy (non-hydrogen) atoms. The third kappa shape index (κ3) is 4.70. The van der Waals surface area contributed by atoms with E-state index in [2.05, 4.69) is 16.9 Å². The molecule has 0 saturated carbocycles. The lowest BCUT2D eigenvalue weighted by atomic mass is 10.6. The van der Waals surface area contributed by atoms with Crippen molar-refractivity contribution in [1.29, 1.82) is 0 Å². The number of amides is 2. The first kappa shape index (κ1) is 8.55. The van der Waals surface area contributed by atoms with Crippen LogP contribution in [0, 0.1) is 0 Å². The van der Waals surface area contributed by atoms with Gasteiger partial charge in [-0.1, -0.05) is 6.58 Å². The van der Waals surface area contributed by atoms with Crippen LogP contribution < -0.4 is 5.32 Å². The van der Waals surface area contributed by atoms with Crippen LogP contribution in [0.1, 0.15) is 6.92 Å². The van der Waals surface area contributed by atoms with Crippen LogP contribution in [0.5, 0.6) is 0 Å². The molecule has 0 radical (unpaired) electrons. The Kier molecular flexibility index (Phi) is 3.79. The van der Waals surface area contributed by atoms with E-state index in [4.69, 9.17) is 0 Å². The molecule has 0 fully saturated rings. The topological polar surface area (TPSA) is 58.5 Å². The quantitative estimate of drug-likeness (QED) is 0.330. The van der Waals surface area contributed by atoms with Crippen molar-refractivity contribution in [2.24, 2.45) is 4.99 Å². The Morgan fingerprint density at radius 2 is 2.20 bits per heavy atom. The molecule has 0 saturated heterocycles. The van der Waals surface area contributed by atoms with Gasteiger partial charge in [0.05, 0.1) is 6.34 Å². The van der Waals surface area contributed by atoms with Crippen molar-refractivity contribution in [2.45, 2.75) is 6.92 Å². The van der Waals surface area contributed by atoms with E-state index >= 15 is 0 Å². The first-order valence-electron chi connectivity index (χ1n) is 2.63. The summed E-state index contributed by atoms with van der Waals surface area (Å²) in [7, 11) is 0. The maximum atomic E-state index is 10.4. The number of carbonyl (C=O) groups is 2. The molecule has 1 N–H and O–H groups in total. The van der Waals surface area contributed by atoms with E-state index in [0.29, 0.717) is 0 Å². The van der Waals surface area contributed by atoms with E-state index in [1.54, 1.807) is 0 Å². The highest BCUT2D eigenvalue weighted by atomic mass is 16.2. The Hall–Kier alpha value is -1.45. The van der Waals surface area contributed by atoms with Gasteiger partial charge in [-0.2, -0.15) is 0 Å². The molecular weight excluding hydrogens is 132 g/mol. The number of rotatable bonds is 2. The molecule has 54 valence electrons. The molecule has 4 nitrogen and oxygen atoms in total. The van der Waals surface area contributed by atoms with Gasteiger partial charge in [0.1, 0.15) is 0 Å². The SMILES string of the molecule is C=CC(=O)NC=NC(C)=O. The predicted octanol–water partition coefficient (Wildman–Crippen LogP) is -0.137. The van der Waals surface area contributed by atoms with Gasteiger partial charge in [0.15, 0.2) is 0 Å². The van der Waals surface area contributed by atoms with E-state index in [1.807, 2.05) is 0 Å². The van der Waals surface area contributed by atoms with Crippen LogP contribution in [0.4, 0.5) is 0 Å². The molecule has 0 bridgehead atoms. The fourth-order valence-corrected chi connectivity index (χ4v) is 0.246. The van der Waals surface area contributed by atoms with Crippen molar-refractivity contribution >= 4 is 18.2 Å². The van der Waals surface area contributed by atoms with Crippen LogP contribution in [0.3, 0.4) is 0 Å². The van der Waals surface area contributed by atoms with E-state index in [0.717, 1.165) is 12.4 Å². The lowest BCUT2D eigenvalue weighted by Gasteiger charge is -1.87. The summed E-state index contributed by atoms with van der Waals surface area (Å²) in [6.07, 6.45) is 2.12. The molecule has 0 heterocycles. The third-order valence-corrected chi connectivity index (χ3v) is 0.639. The summed E-state index contributed by atoms with van der Waals surface area (Å²) >= 11 is 0. The standard InChI is InChI=1S/C6H8N2O2/c1-3-6(10)8-4-7-5(2)9/h3-4H,1H2,2H3,(H,7,8,9,10). The Morgan fingerprint density at radius 3 is 2.60 bits per heavy atom. The molecule has 0 aliphatic rings. The second-order valence-corrected chi connectivity index (χ2v) is 1.49. The Balaban J connectivity index is 3.63. The highest BCUT2D eigenvalue weighted by Gasteiger charge is 1.86. The van der Waals surface area contributed by atoms with Gasteiger partial charge in [0, 0.05) is 6.92 Å². The van der Waals surface area contributed by atoms with Crippen molar-refractivity contribution in [3.05, 3.63) is 12.7 Å². The fraction of sp³-hybridized carbons (Fsp3) is 0.167. The molecule has 0 aliphatic heterocycles.